The number of nitrogen functional groups attached to an aromatic ring is 2. The molecule has 1 unspecified atom stereocenters. The van der Waals surface area contributed by atoms with Crippen molar-refractivity contribution >= 4 is 39.4 Å². The number of halogens is 1. The van der Waals surface area contributed by atoms with E-state index in [-0.39, 0.29) is 17.1 Å². The number of anilines is 3. The molecule has 0 radical (unpaired) electrons. The van der Waals surface area contributed by atoms with E-state index in [1.54, 1.807) is 11.5 Å². The molecule has 0 spiro atoms. The number of thiazole rings is 1. The minimum Gasteiger partial charge on any atom is -0.396 e. The Morgan fingerprint density at radius 3 is 2.73 bits per heavy atom. The lowest BCUT2D eigenvalue weighted by atomic mass is 10.0. The van der Waals surface area contributed by atoms with Crippen molar-refractivity contribution in [3.8, 4) is 0 Å². The zero-order valence-corrected chi connectivity index (χ0v) is 17.4. The van der Waals surface area contributed by atoms with Crippen LogP contribution in [0.4, 0.5) is 21.6 Å². The number of benzene rings is 1. The van der Waals surface area contributed by atoms with Crippen LogP contribution in [-0.2, 0) is 6.42 Å². The first-order valence-electron chi connectivity index (χ1n) is 10.1. The van der Waals surface area contributed by atoms with Crippen LogP contribution in [0, 0.1) is 18.7 Å². The second kappa shape index (κ2) is 6.83. The van der Waals surface area contributed by atoms with Crippen molar-refractivity contribution in [1.29, 1.82) is 0 Å². The molecule has 5 rings (SSSR count). The molecule has 3 aromatic rings. The molecular weight excluding hydrogens is 407 g/mol. The first-order chi connectivity index (χ1) is 14.3. The predicted molar refractivity (Wildman–Crippen MR) is 117 cm³/mol. The van der Waals surface area contributed by atoms with Gasteiger partial charge in [-0.25, -0.2) is 14.2 Å². The van der Waals surface area contributed by atoms with E-state index in [4.69, 9.17) is 11.5 Å². The van der Waals surface area contributed by atoms with Gasteiger partial charge in [0.05, 0.1) is 27.3 Å². The van der Waals surface area contributed by atoms with E-state index >= 15 is 4.39 Å². The van der Waals surface area contributed by atoms with Gasteiger partial charge in [-0.3, -0.25) is 14.3 Å². The summed E-state index contributed by atoms with van der Waals surface area (Å²) in [6.07, 6.45) is 3.39. The zero-order valence-electron chi connectivity index (χ0n) is 16.6. The van der Waals surface area contributed by atoms with Gasteiger partial charge in [-0.15, -0.1) is 11.3 Å². The van der Waals surface area contributed by atoms with E-state index in [1.807, 2.05) is 10.3 Å². The van der Waals surface area contributed by atoms with Gasteiger partial charge in [-0.2, -0.15) is 0 Å². The van der Waals surface area contributed by atoms with Gasteiger partial charge in [-0.1, -0.05) is 0 Å². The van der Waals surface area contributed by atoms with Crippen molar-refractivity contribution in [3.63, 3.8) is 0 Å². The predicted octanol–water partition coefficient (Wildman–Crippen LogP) is 2.16. The van der Waals surface area contributed by atoms with Crippen LogP contribution < -0.4 is 27.6 Å². The molecule has 2 aromatic heterocycles. The Balaban J connectivity index is 1.59. The van der Waals surface area contributed by atoms with Gasteiger partial charge in [-0.05, 0) is 32.1 Å². The van der Waals surface area contributed by atoms with Crippen molar-refractivity contribution in [2.75, 3.05) is 29.5 Å². The van der Waals surface area contributed by atoms with Gasteiger partial charge in [0, 0.05) is 36.5 Å². The van der Waals surface area contributed by atoms with Crippen molar-refractivity contribution in [3.05, 3.63) is 42.6 Å². The number of hydrogen-bond acceptors (Lipinski definition) is 7. The molecule has 8 nitrogen and oxygen atoms in total. The molecule has 1 aliphatic heterocycles. The third-order valence-corrected chi connectivity index (χ3v) is 7.00. The summed E-state index contributed by atoms with van der Waals surface area (Å²) in [5, 5.41) is 2.86. The Morgan fingerprint density at radius 1 is 1.30 bits per heavy atom. The van der Waals surface area contributed by atoms with E-state index in [0.29, 0.717) is 41.6 Å². The molecule has 30 heavy (non-hydrogen) atoms. The van der Waals surface area contributed by atoms with Crippen molar-refractivity contribution in [2.45, 2.75) is 38.6 Å². The molecule has 1 atom stereocenters. The Kier molecular flexibility index (Phi) is 4.35. The molecule has 1 aromatic carbocycles. The molecule has 5 N–H and O–H groups in total. The third-order valence-electron chi connectivity index (χ3n) is 6.12. The van der Waals surface area contributed by atoms with Crippen molar-refractivity contribution < 1.29 is 4.39 Å². The van der Waals surface area contributed by atoms with Gasteiger partial charge in [0.25, 0.3) is 5.56 Å². The van der Waals surface area contributed by atoms with E-state index in [9.17, 15) is 9.59 Å². The van der Waals surface area contributed by atoms with Crippen molar-refractivity contribution in [2.24, 2.45) is 5.92 Å². The van der Waals surface area contributed by atoms with Crippen LogP contribution in [0.25, 0.3) is 10.9 Å². The minimum atomic E-state index is -0.640. The van der Waals surface area contributed by atoms with Gasteiger partial charge in [0.2, 0.25) is 0 Å². The van der Waals surface area contributed by atoms with Crippen molar-refractivity contribution in [1.82, 2.24) is 14.5 Å². The van der Waals surface area contributed by atoms with Gasteiger partial charge < -0.3 is 16.4 Å². The maximum absolute atomic E-state index is 15.4. The average molecular weight is 431 g/mol. The molecule has 2 fully saturated rings. The number of aromatic amines is 1. The fourth-order valence-electron chi connectivity index (χ4n) is 4.61. The highest BCUT2D eigenvalue weighted by molar-refractivity contribution is 7.10. The maximum Gasteiger partial charge on any atom is 0.329 e. The Morgan fingerprint density at radius 2 is 2.07 bits per heavy atom. The molecule has 10 heteroatoms. The third kappa shape index (κ3) is 2.97. The van der Waals surface area contributed by atoms with Gasteiger partial charge in [0.1, 0.15) is 5.82 Å². The number of aryl methyl sites for hydroxylation is 1. The Labute approximate surface area is 175 Å². The van der Waals surface area contributed by atoms with Crippen LogP contribution in [0.3, 0.4) is 0 Å². The molecular formula is C20H23FN6O2S. The summed E-state index contributed by atoms with van der Waals surface area (Å²) >= 11 is 1.53. The summed E-state index contributed by atoms with van der Waals surface area (Å²) < 4.78 is 17.0. The molecule has 3 heterocycles. The maximum atomic E-state index is 15.4. The number of hydrogen-bond donors (Lipinski definition) is 3. The van der Waals surface area contributed by atoms with E-state index in [1.165, 1.54) is 11.3 Å². The van der Waals surface area contributed by atoms with Gasteiger partial charge >= 0.3 is 5.69 Å². The average Bonchev–Trinajstić information content (AvgIpc) is 3.29. The van der Waals surface area contributed by atoms with Crippen LogP contribution in [0.5, 0.6) is 0 Å². The molecule has 0 bridgehead atoms. The summed E-state index contributed by atoms with van der Waals surface area (Å²) in [5.74, 6) is 0.249. The molecule has 2 aliphatic rings. The molecule has 1 saturated heterocycles. The van der Waals surface area contributed by atoms with E-state index in [0.717, 1.165) is 30.7 Å². The topological polar surface area (TPSA) is 123 Å². The number of nitrogens with two attached hydrogens (primary N) is 2. The Hall–Kier alpha value is -2.88. The summed E-state index contributed by atoms with van der Waals surface area (Å²) in [4.78, 5) is 33.6. The summed E-state index contributed by atoms with van der Waals surface area (Å²) in [6, 6.07) is 0.0231. The highest BCUT2D eigenvalue weighted by Gasteiger charge is 2.33. The van der Waals surface area contributed by atoms with Crippen LogP contribution in [-0.4, -0.2) is 27.6 Å². The number of nitrogens with zero attached hydrogens (tertiary/aromatic N) is 3. The quantitative estimate of drug-likeness (QED) is 0.545. The van der Waals surface area contributed by atoms with E-state index < -0.39 is 17.1 Å². The van der Waals surface area contributed by atoms with Crippen LogP contribution in [0.15, 0.2) is 15.0 Å². The molecule has 0 amide bonds. The second-order valence-corrected chi connectivity index (χ2v) is 9.20. The fraction of sp³-hybridized carbons (Fsp3) is 0.450. The standard InChI is InChI=1S/C20H23FN6O2S/c1-9-17-14(19(28)25-20(29)27(17)11-2-3-11)16(23)15(21)18(9)26-5-4-10(7-26)6-13-24-12(22)8-30-13/h8,10-11H,2-7,22-23H2,1H3,(H,25,28,29). The lowest BCUT2D eigenvalue weighted by Gasteiger charge is -2.25. The number of fused-ring (bicyclic) bond motifs is 1. The van der Waals surface area contributed by atoms with Crippen LogP contribution in [0.2, 0.25) is 0 Å². The van der Waals surface area contributed by atoms with Gasteiger partial charge in [0.15, 0.2) is 5.82 Å². The normalized spacial score (nSPS) is 19.1. The molecule has 158 valence electrons. The summed E-state index contributed by atoms with van der Waals surface area (Å²) in [6.45, 7) is 3.09. The monoisotopic (exact) mass is 430 g/mol. The highest BCUT2D eigenvalue weighted by Crippen LogP contribution is 2.41. The van der Waals surface area contributed by atoms with Crippen LogP contribution in [0.1, 0.15) is 35.9 Å². The first kappa shape index (κ1) is 19.1. The molecule has 1 aliphatic carbocycles. The minimum absolute atomic E-state index is 0.0231. The number of H-pyrrole nitrogens is 1. The zero-order chi connectivity index (χ0) is 21.2. The fourth-order valence-corrected chi connectivity index (χ4v) is 5.41. The smallest absolute Gasteiger partial charge is 0.329 e. The largest absolute Gasteiger partial charge is 0.396 e. The first-order valence-corrected chi connectivity index (χ1v) is 10.9. The summed E-state index contributed by atoms with van der Waals surface area (Å²) in [5.41, 5.74) is 11.9. The lowest BCUT2D eigenvalue weighted by molar-refractivity contribution is 0.582. The Bertz CT molecular complexity index is 1280. The lowest BCUT2D eigenvalue weighted by Crippen LogP contribution is -2.32. The molecule has 1 saturated carbocycles. The van der Waals surface area contributed by atoms with Crippen LogP contribution >= 0.6 is 11.3 Å². The number of aromatic nitrogens is 3. The number of rotatable bonds is 4. The SMILES string of the molecule is Cc1c(N2CCC(Cc3nc(N)cs3)C2)c(F)c(N)c2c(=O)[nH]c(=O)n(C3CC3)c12. The number of nitrogens with one attached hydrogen (secondary N) is 1. The highest BCUT2D eigenvalue weighted by atomic mass is 32.1. The summed E-state index contributed by atoms with van der Waals surface area (Å²) in [7, 11) is 0. The second-order valence-electron chi connectivity index (χ2n) is 8.26. The van der Waals surface area contributed by atoms with E-state index in [2.05, 4.69) is 9.97 Å².